The maximum atomic E-state index is 13.3. The fourth-order valence-corrected chi connectivity index (χ4v) is 5.71. The number of halogens is 2. The van der Waals surface area contributed by atoms with Gasteiger partial charge in [0.05, 0.1) is 22.7 Å². The number of carbonyl (C=O) groups is 1. The lowest BCUT2D eigenvalue weighted by Gasteiger charge is -2.28. The van der Waals surface area contributed by atoms with Gasteiger partial charge in [-0.15, -0.1) is 0 Å². The fraction of sp³-hybridized carbons (Fsp3) is 0.389. The van der Waals surface area contributed by atoms with Gasteiger partial charge in [0.1, 0.15) is 0 Å². The zero-order chi connectivity index (χ0) is 20.3. The van der Waals surface area contributed by atoms with Crippen LogP contribution in [-0.4, -0.2) is 52.5 Å². The molecule has 1 saturated heterocycles. The van der Waals surface area contributed by atoms with Crippen molar-refractivity contribution in [3.05, 3.63) is 51.8 Å². The van der Waals surface area contributed by atoms with Crippen molar-refractivity contribution in [3.8, 4) is 0 Å². The summed E-state index contributed by atoms with van der Waals surface area (Å²) in [7, 11) is -3.17. The van der Waals surface area contributed by atoms with Gasteiger partial charge >= 0.3 is 0 Å². The average Bonchev–Trinajstić information content (AvgIpc) is 3.00. The molecule has 0 saturated carbocycles. The molecule has 2 heterocycles. The van der Waals surface area contributed by atoms with Crippen LogP contribution in [0.2, 0.25) is 10.0 Å². The third-order valence-electron chi connectivity index (χ3n) is 4.35. The maximum Gasteiger partial charge on any atom is 0.274 e. The van der Waals surface area contributed by atoms with Crippen molar-refractivity contribution in [1.82, 2.24) is 14.9 Å². The number of hydrogen-bond donors (Lipinski definition) is 0. The molecule has 150 valence electrons. The number of carbonyl (C=O) groups excluding carboxylic acids is 1. The van der Waals surface area contributed by atoms with Gasteiger partial charge in [-0.25, -0.2) is 18.4 Å². The normalized spacial score (nSPS) is 18.2. The van der Waals surface area contributed by atoms with Crippen LogP contribution < -0.4 is 0 Å². The number of thioether (sulfide) groups is 1. The summed E-state index contributed by atoms with van der Waals surface area (Å²) in [6.07, 6.45) is 1.79. The van der Waals surface area contributed by atoms with Crippen LogP contribution in [0.25, 0.3) is 0 Å². The quantitative estimate of drug-likeness (QED) is 0.483. The lowest BCUT2D eigenvalue weighted by Crippen LogP contribution is -2.41. The third-order valence-corrected chi connectivity index (χ3v) is 7.36. The van der Waals surface area contributed by atoms with Crippen LogP contribution in [0.15, 0.2) is 35.6 Å². The Morgan fingerprint density at radius 3 is 2.79 bits per heavy atom. The number of aromatic nitrogens is 2. The molecule has 0 unspecified atom stereocenters. The van der Waals surface area contributed by atoms with Gasteiger partial charge in [0.2, 0.25) is 0 Å². The predicted octanol–water partition coefficient (Wildman–Crippen LogP) is 3.72. The minimum atomic E-state index is -3.17. The van der Waals surface area contributed by atoms with E-state index in [1.807, 2.05) is 13.0 Å². The van der Waals surface area contributed by atoms with Crippen molar-refractivity contribution in [2.24, 2.45) is 0 Å². The molecular formula is C18H19Cl2N3O3S2. The van der Waals surface area contributed by atoms with Gasteiger partial charge in [-0.3, -0.25) is 4.79 Å². The standard InChI is InChI=1S/C18H19Cl2N3O3S2/c1-2-27-18-21-9-15(20)16(22-18)17(24)23(14-6-7-28(25,26)11-14)10-12-4-3-5-13(19)8-12/h3-5,8-9,14H,2,6-7,10-11H2,1H3/t14-/m1/s1. The highest BCUT2D eigenvalue weighted by Gasteiger charge is 2.36. The molecule has 0 bridgehead atoms. The molecule has 0 radical (unpaired) electrons. The van der Waals surface area contributed by atoms with Crippen molar-refractivity contribution in [1.29, 1.82) is 0 Å². The Labute approximate surface area is 178 Å². The third kappa shape index (κ3) is 5.17. The molecule has 1 aliphatic heterocycles. The highest BCUT2D eigenvalue weighted by Crippen LogP contribution is 2.26. The maximum absolute atomic E-state index is 13.3. The summed E-state index contributed by atoms with van der Waals surface area (Å²) in [4.78, 5) is 23.3. The summed E-state index contributed by atoms with van der Waals surface area (Å²) in [6.45, 7) is 2.18. The van der Waals surface area contributed by atoms with E-state index in [2.05, 4.69) is 9.97 Å². The lowest BCUT2D eigenvalue weighted by molar-refractivity contribution is 0.0674. The van der Waals surface area contributed by atoms with Crippen LogP contribution in [0.3, 0.4) is 0 Å². The van der Waals surface area contributed by atoms with Gasteiger partial charge in [-0.1, -0.05) is 54.0 Å². The monoisotopic (exact) mass is 459 g/mol. The molecule has 1 aromatic carbocycles. The van der Waals surface area contributed by atoms with E-state index in [-0.39, 0.29) is 28.8 Å². The van der Waals surface area contributed by atoms with Crippen molar-refractivity contribution < 1.29 is 13.2 Å². The van der Waals surface area contributed by atoms with Crippen LogP contribution in [0, 0.1) is 0 Å². The van der Waals surface area contributed by atoms with Crippen molar-refractivity contribution >= 4 is 50.7 Å². The van der Waals surface area contributed by atoms with Crippen molar-refractivity contribution in [3.63, 3.8) is 0 Å². The van der Waals surface area contributed by atoms with Gasteiger partial charge in [0.25, 0.3) is 5.91 Å². The van der Waals surface area contributed by atoms with Crippen molar-refractivity contribution in [2.45, 2.75) is 31.1 Å². The zero-order valence-electron chi connectivity index (χ0n) is 15.1. The summed E-state index contributed by atoms with van der Waals surface area (Å²) in [5, 5.41) is 1.14. The van der Waals surface area contributed by atoms with Crippen LogP contribution in [-0.2, 0) is 16.4 Å². The smallest absolute Gasteiger partial charge is 0.274 e. The lowest BCUT2D eigenvalue weighted by atomic mass is 10.1. The van der Waals surface area contributed by atoms with E-state index < -0.39 is 21.8 Å². The Kier molecular flexibility index (Phi) is 6.85. The van der Waals surface area contributed by atoms with E-state index in [1.54, 1.807) is 18.2 Å². The fourth-order valence-electron chi connectivity index (χ4n) is 3.06. The summed E-state index contributed by atoms with van der Waals surface area (Å²) < 4.78 is 24.0. The molecule has 1 amide bonds. The minimum absolute atomic E-state index is 0.0609. The Balaban J connectivity index is 1.96. The van der Waals surface area contributed by atoms with Gasteiger partial charge in [0.15, 0.2) is 20.7 Å². The Hall–Kier alpha value is -1.35. The number of nitrogens with zero attached hydrogens (tertiary/aromatic N) is 3. The number of amides is 1. The van der Waals surface area contributed by atoms with E-state index in [9.17, 15) is 13.2 Å². The molecule has 0 aliphatic carbocycles. The second-order valence-corrected chi connectivity index (χ2v) is 10.7. The van der Waals surface area contributed by atoms with Crippen LogP contribution in [0.5, 0.6) is 0 Å². The molecule has 28 heavy (non-hydrogen) atoms. The second-order valence-electron chi connectivity index (χ2n) is 6.40. The van der Waals surface area contributed by atoms with Gasteiger partial charge in [-0.05, 0) is 29.9 Å². The largest absolute Gasteiger partial charge is 0.329 e. The Morgan fingerprint density at radius 1 is 1.36 bits per heavy atom. The van der Waals surface area contributed by atoms with Crippen LogP contribution in [0.4, 0.5) is 0 Å². The summed E-state index contributed by atoms with van der Waals surface area (Å²) in [5.41, 5.74) is 0.887. The topological polar surface area (TPSA) is 80.2 Å². The summed E-state index contributed by atoms with van der Waals surface area (Å²) >= 11 is 13.7. The summed E-state index contributed by atoms with van der Waals surface area (Å²) in [5.74, 6) is 0.333. The number of benzene rings is 1. The van der Waals surface area contributed by atoms with Gasteiger partial charge in [-0.2, -0.15) is 0 Å². The zero-order valence-corrected chi connectivity index (χ0v) is 18.3. The molecule has 0 N–H and O–H groups in total. The molecule has 1 fully saturated rings. The van der Waals surface area contributed by atoms with Gasteiger partial charge in [0, 0.05) is 17.6 Å². The van der Waals surface area contributed by atoms with Crippen molar-refractivity contribution in [2.75, 3.05) is 17.3 Å². The molecule has 10 heteroatoms. The molecule has 0 spiro atoms. The molecular weight excluding hydrogens is 441 g/mol. The molecule has 1 atom stereocenters. The molecule has 2 aromatic rings. The molecule has 1 aromatic heterocycles. The van der Waals surface area contributed by atoms with E-state index >= 15 is 0 Å². The van der Waals surface area contributed by atoms with E-state index in [0.717, 1.165) is 11.3 Å². The highest BCUT2D eigenvalue weighted by molar-refractivity contribution is 7.99. The van der Waals surface area contributed by atoms with E-state index in [1.165, 1.54) is 22.9 Å². The first kappa shape index (κ1) is 21.4. The first-order valence-corrected chi connectivity index (χ1v) is 12.3. The molecule has 3 rings (SSSR count). The SMILES string of the molecule is CCSc1ncc(Cl)c(C(=O)N(Cc2cccc(Cl)c2)[C@@H]2CCS(=O)(=O)C2)n1. The van der Waals surface area contributed by atoms with Crippen LogP contribution >= 0.6 is 35.0 Å². The number of hydrogen-bond acceptors (Lipinski definition) is 6. The Bertz CT molecular complexity index is 986. The first-order chi connectivity index (χ1) is 13.3. The molecule has 1 aliphatic rings. The summed E-state index contributed by atoms with van der Waals surface area (Å²) in [6, 6.07) is 6.69. The Morgan fingerprint density at radius 2 is 2.14 bits per heavy atom. The van der Waals surface area contributed by atoms with Crippen LogP contribution in [0.1, 0.15) is 29.4 Å². The van der Waals surface area contributed by atoms with E-state index in [0.29, 0.717) is 16.6 Å². The average molecular weight is 460 g/mol. The predicted molar refractivity (Wildman–Crippen MR) is 112 cm³/mol. The second kappa shape index (κ2) is 8.98. The first-order valence-electron chi connectivity index (χ1n) is 8.70. The van der Waals surface area contributed by atoms with E-state index in [4.69, 9.17) is 23.2 Å². The molecule has 6 nitrogen and oxygen atoms in total. The number of rotatable bonds is 6. The van der Waals surface area contributed by atoms with Gasteiger partial charge < -0.3 is 4.90 Å². The minimum Gasteiger partial charge on any atom is -0.329 e. The highest BCUT2D eigenvalue weighted by atomic mass is 35.5. The number of sulfone groups is 1.